The zero-order chi connectivity index (χ0) is 13.1. The van der Waals surface area contributed by atoms with Gasteiger partial charge >= 0.3 is 0 Å². The zero-order valence-electron chi connectivity index (χ0n) is 11.6. The highest BCUT2D eigenvalue weighted by molar-refractivity contribution is 5.34. The average Bonchev–Trinajstić information content (AvgIpc) is 2.25. The van der Waals surface area contributed by atoms with Gasteiger partial charge in [-0.2, -0.15) is 0 Å². The molecule has 2 nitrogen and oxygen atoms in total. The molecule has 0 unspecified atom stereocenters. The predicted octanol–water partition coefficient (Wildman–Crippen LogP) is 3.52. The molecule has 0 radical (unpaired) electrons. The van der Waals surface area contributed by atoms with E-state index in [0.29, 0.717) is 0 Å². The predicted molar refractivity (Wildman–Crippen MR) is 71.6 cm³/mol. The molecule has 1 aromatic rings. The van der Waals surface area contributed by atoms with Gasteiger partial charge < -0.3 is 9.84 Å². The van der Waals surface area contributed by atoms with Crippen LogP contribution >= 0.6 is 0 Å². The topological polar surface area (TPSA) is 29.5 Å². The third kappa shape index (κ3) is 3.22. The van der Waals surface area contributed by atoms with Gasteiger partial charge in [-0.3, -0.25) is 0 Å². The Morgan fingerprint density at radius 3 is 2.35 bits per heavy atom. The molecule has 0 aliphatic carbocycles. The number of hydrogen-bond acceptors (Lipinski definition) is 2. The minimum absolute atomic E-state index is 0.307. The van der Waals surface area contributed by atoms with Gasteiger partial charge in [0.2, 0.25) is 0 Å². The highest BCUT2D eigenvalue weighted by atomic mass is 16.5. The van der Waals surface area contributed by atoms with E-state index in [0.717, 1.165) is 24.3 Å². The van der Waals surface area contributed by atoms with Gasteiger partial charge in [0.05, 0.1) is 12.2 Å². The van der Waals surface area contributed by atoms with Crippen LogP contribution in [0.1, 0.15) is 46.6 Å². The maximum absolute atomic E-state index is 10.2. The second-order valence-electron chi connectivity index (χ2n) is 5.56. The standard InChI is InChI=1S/C15H24O2/c1-6-10-17-13-9-7-8-12(11-13)14(2,3)15(4,5)16/h7-9,11,16H,6,10H2,1-5H3. The SMILES string of the molecule is CCCOc1cccc(C(C)(C)C(C)(C)O)c1. The Labute approximate surface area is 105 Å². The quantitative estimate of drug-likeness (QED) is 0.847. The smallest absolute Gasteiger partial charge is 0.119 e. The fourth-order valence-electron chi connectivity index (χ4n) is 1.55. The van der Waals surface area contributed by atoms with Crippen molar-refractivity contribution in [1.82, 2.24) is 0 Å². The molecule has 1 aromatic carbocycles. The monoisotopic (exact) mass is 236 g/mol. The van der Waals surface area contributed by atoms with Crippen LogP contribution in [0.2, 0.25) is 0 Å². The van der Waals surface area contributed by atoms with E-state index in [9.17, 15) is 5.11 Å². The summed E-state index contributed by atoms with van der Waals surface area (Å²) in [5.41, 5.74) is 0.0215. The first-order chi connectivity index (χ1) is 7.79. The molecule has 1 rings (SSSR count). The average molecular weight is 236 g/mol. The second-order valence-corrected chi connectivity index (χ2v) is 5.56. The van der Waals surface area contributed by atoms with Gasteiger partial charge in [-0.15, -0.1) is 0 Å². The Morgan fingerprint density at radius 1 is 1.18 bits per heavy atom. The summed E-state index contributed by atoms with van der Waals surface area (Å²) in [6.45, 7) is 10.6. The van der Waals surface area contributed by atoms with Crippen LogP contribution < -0.4 is 4.74 Å². The Bertz CT molecular complexity index is 361. The van der Waals surface area contributed by atoms with Gasteiger partial charge in [0.1, 0.15) is 5.75 Å². The van der Waals surface area contributed by atoms with Crippen molar-refractivity contribution in [3.63, 3.8) is 0 Å². The Kier molecular flexibility index (Phi) is 4.21. The van der Waals surface area contributed by atoms with E-state index in [1.54, 1.807) is 0 Å². The molecule has 0 saturated carbocycles. The molecule has 0 aliphatic heterocycles. The first-order valence-corrected chi connectivity index (χ1v) is 6.24. The maximum Gasteiger partial charge on any atom is 0.119 e. The number of hydrogen-bond donors (Lipinski definition) is 1. The van der Waals surface area contributed by atoms with E-state index >= 15 is 0 Å². The summed E-state index contributed by atoms with van der Waals surface area (Å²) in [6, 6.07) is 8.00. The molecule has 0 saturated heterocycles. The fourth-order valence-corrected chi connectivity index (χ4v) is 1.55. The van der Waals surface area contributed by atoms with Gasteiger partial charge in [0, 0.05) is 5.41 Å². The van der Waals surface area contributed by atoms with E-state index in [2.05, 4.69) is 6.92 Å². The molecule has 17 heavy (non-hydrogen) atoms. The van der Waals surface area contributed by atoms with Crippen LogP contribution in [-0.4, -0.2) is 17.3 Å². The highest BCUT2D eigenvalue weighted by Gasteiger charge is 2.36. The molecule has 0 fully saturated rings. The summed E-state index contributed by atoms with van der Waals surface area (Å²) in [4.78, 5) is 0. The molecule has 0 heterocycles. The third-order valence-electron chi connectivity index (χ3n) is 3.56. The van der Waals surface area contributed by atoms with Crippen LogP contribution in [0.25, 0.3) is 0 Å². The number of rotatable bonds is 5. The lowest BCUT2D eigenvalue weighted by Crippen LogP contribution is -2.42. The van der Waals surface area contributed by atoms with Crippen molar-refractivity contribution in [2.24, 2.45) is 0 Å². The van der Waals surface area contributed by atoms with E-state index in [1.165, 1.54) is 0 Å². The number of ether oxygens (including phenoxy) is 1. The second kappa shape index (κ2) is 5.09. The fraction of sp³-hybridized carbons (Fsp3) is 0.600. The summed E-state index contributed by atoms with van der Waals surface area (Å²) >= 11 is 0. The van der Waals surface area contributed by atoms with E-state index in [-0.39, 0.29) is 5.41 Å². The van der Waals surface area contributed by atoms with Crippen molar-refractivity contribution in [3.8, 4) is 5.75 Å². The van der Waals surface area contributed by atoms with Crippen LogP contribution in [0.5, 0.6) is 5.75 Å². The lowest BCUT2D eigenvalue weighted by molar-refractivity contribution is 0.00956. The minimum atomic E-state index is -0.767. The van der Waals surface area contributed by atoms with E-state index in [1.807, 2.05) is 52.0 Å². The normalized spacial score (nSPS) is 12.6. The molecule has 0 amide bonds. The maximum atomic E-state index is 10.2. The van der Waals surface area contributed by atoms with E-state index in [4.69, 9.17) is 4.74 Å². The summed E-state index contributed by atoms with van der Waals surface area (Å²) in [5, 5.41) is 10.2. The lowest BCUT2D eigenvalue weighted by Gasteiger charge is -2.38. The Balaban J connectivity index is 2.99. The number of benzene rings is 1. The summed E-state index contributed by atoms with van der Waals surface area (Å²) in [5.74, 6) is 0.877. The molecule has 0 aromatic heterocycles. The zero-order valence-corrected chi connectivity index (χ0v) is 11.6. The molecule has 1 N–H and O–H groups in total. The molecule has 0 spiro atoms. The van der Waals surface area contributed by atoms with Crippen molar-refractivity contribution in [2.75, 3.05) is 6.61 Å². The van der Waals surface area contributed by atoms with Crippen molar-refractivity contribution in [2.45, 2.75) is 52.1 Å². The van der Waals surface area contributed by atoms with Gasteiger partial charge in [-0.25, -0.2) is 0 Å². The first-order valence-electron chi connectivity index (χ1n) is 6.24. The molecule has 0 atom stereocenters. The summed E-state index contributed by atoms with van der Waals surface area (Å²) in [6.07, 6.45) is 0.999. The van der Waals surface area contributed by atoms with Gasteiger partial charge in [-0.1, -0.05) is 32.9 Å². The Morgan fingerprint density at radius 2 is 1.82 bits per heavy atom. The largest absolute Gasteiger partial charge is 0.494 e. The summed E-state index contributed by atoms with van der Waals surface area (Å²) in [7, 11) is 0. The van der Waals surface area contributed by atoms with Crippen LogP contribution in [0.3, 0.4) is 0 Å². The Hall–Kier alpha value is -1.02. The van der Waals surface area contributed by atoms with Crippen LogP contribution in [0, 0.1) is 0 Å². The van der Waals surface area contributed by atoms with Crippen molar-refractivity contribution in [1.29, 1.82) is 0 Å². The van der Waals surface area contributed by atoms with Gasteiger partial charge in [0.15, 0.2) is 0 Å². The van der Waals surface area contributed by atoms with Crippen LogP contribution in [0.4, 0.5) is 0 Å². The lowest BCUT2D eigenvalue weighted by atomic mass is 9.72. The molecular formula is C15H24O2. The van der Waals surface area contributed by atoms with Gasteiger partial charge in [0.25, 0.3) is 0 Å². The van der Waals surface area contributed by atoms with Crippen molar-refractivity contribution < 1.29 is 9.84 Å². The first kappa shape index (κ1) is 14.0. The summed E-state index contributed by atoms with van der Waals surface area (Å²) < 4.78 is 5.62. The van der Waals surface area contributed by atoms with Crippen LogP contribution in [0.15, 0.2) is 24.3 Å². The van der Waals surface area contributed by atoms with E-state index < -0.39 is 5.60 Å². The molecule has 96 valence electrons. The highest BCUT2D eigenvalue weighted by Crippen LogP contribution is 2.35. The van der Waals surface area contributed by atoms with Crippen molar-refractivity contribution in [3.05, 3.63) is 29.8 Å². The molecule has 2 heteroatoms. The number of aliphatic hydroxyl groups is 1. The van der Waals surface area contributed by atoms with Crippen molar-refractivity contribution >= 4 is 0 Å². The third-order valence-corrected chi connectivity index (χ3v) is 3.56. The van der Waals surface area contributed by atoms with Gasteiger partial charge in [-0.05, 0) is 38.0 Å². The molecule has 0 aliphatic rings. The molecular weight excluding hydrogens is 212 g/mol. The minimum Gasteiger partial charge on any atom is -0.494 e. The molecule has 0 bridgehead atoms. The van der Waals surface area contributed by atoms with Crippen LogP contribution in [-0.2, 0) is 5.41 Å².